The number of rotatable bonds is 3. The van der Waals surface area contributed by atoms with Crippen molar-refractivity contribution in [3.05, 3.63) is 41.1 Å². The fourth-order valence-corrected chi connectivity index (χ4v) is 2.13. The van der Waals surface area contributed by atoms with E-state index in [0.29, 0.717) is 5.69 Å². The zero-order valence-electron chi connectivity index (χ0n) is 10.3. The van der Waals surface area contributed by atoms with Crippen molar-refractivity contribution in [3.63, 3.8) is 0 Å². The molecule has 0 bridgehead atoms. The summed E-state index contributed by atoms with van der Waals surface area (Å²) in [6, 6.07) is 8.06. The Morgan fingerprint density at radius 2 is 1.94 bits per heavy atom. The SMILES string of the molecule is CN(C)c1ccccc1Nc1c(N)cncc1Br. The van der Waals surface area contributed by atoms with E-state index in [4.69, 9.17) is 5.73 Å². The third-order valence-electron chi connectivity index (χ3n) is 2.57. The largest absolute Gasteiger partial charge is 0.396 e. The fraction of sp³-hybridized carbons (Fsp3) is 0.154. The van der Waals surface area contributed by atoms with Gasteiger partial charge in [0.1, 0.15) is 0 Å². The van der Waals surface area contributed by atoms with Gasteiger partial charge in [-0.3, -0.25) is 4.98 Å². The quantitative estimate of drug-likeness (QED) is 0.914. The molecule has 1 aromatic heterocycles. The molecule has 0 radical (unpaired) electrons. The molecule has 0 fully saturated rings. The summed E-state index contributed by atoms with van der Waals surface area (Å²) in [5.74, 6) is 0. The van der Waals surface area contributed by atoms with Crippen molar-refractivity contribution in [2.75, 3.05) is 30.0 Å². The Kier molecular flexibility index (Phi) is 3.72. The van der Waals surface area contributed by atoms with Crippen molar-refractivity contribution < 1.29 is 0 Å². The number of nitrogen functional groups attached to an aromatic ring is 1. The summed E-state index contributed by atoms with van der Waals surface area (Å²) in [6.45, 7) is 0. The number of nitrogens with two attached hydrogens (primary N) is 1. The highest BCUT2D eigenvalue weighted by Crippen LogP contribution is 2.33. The standard InChI is InChI=1S/C13H15BrN4/c1-18(2)12-6-4-3-5-11(12)17-13-9(14)7-16-8-10(13)15/h3-8H,15H2,1-2H3,(H,16,17). The van der Waals surface area contributed by atoms with E-state index in [0.717, 1.165) is 21.5 Å². The Morgan fingerprint density at radius 3 is 2.61 bits per heavy atom. The van der Waals surface area contributed by atoms with Gasteiger partial charge in [-0.2, -0.15) is 0 Å². The highest BCUT2D eigenvalue weighted by molar-refractivity contribution is 9.10. The lowest BCUT2D eigenvalue weighted by atomic mass is 10.2. The number of para-hydroxylation sites is 2. The Bertz CT molecular complexity index is 534. The van der Waals surface area contributed by atoms with Gasteiger partial charge < -0.3 is 16.0 Å². The normalized spacial score (nSPS) is 10.2. The van der Waals surface area contributed by atoms with Gasteiger partial charge >= 0.3 is 0 Å². The molecular weight excluding hydrogens is 292 g/mol. The van der Waals surface area contributed by atoms with Crippen molar-refractivity contribution in [1.82, 2.24) is 4.98 Å². The maximum Gasteiger partial charge on any atom is 0.0794 e. The number of halogens is 1. The van der Waals surface area contributed by atoms with Crippen LogP contribution < -0.4 is 16.0 Å². The van der Waals surface area contributed by atoms with E-state index in [-0.39, 0.29) is 0 Å². The maximum atomic E-state index is 5.93. The summed E-state index contributed by atoms with van der Waals surface area (Å²) in [4.78, 5) is 6.07. The highest BCUT2D eigenvalue weighted by Gasteiger charge is 2.08. The second-order valence-electron chi connectivity index (χ2n) is 4.12. The van der Waals surface area contributed by atoms with Crippen LogP contribution in [-0.4, -0.2) is 19.1 Å². The van der Waals surface area contributed by atoms with E-state index < -0.39 is 0 Å². The van der Waals surface area contributed by atoms with E-state index in [2.05, 4.69) is 26.2 Å². The van der Waals surface area contributed by atoms with Crippen LogP contribution >= 0.6 is 15.9 Å². The van der Waals surface area contributed by atoms with Crippen LogP contribution in [0.3, 0.4) is 0 Å². The number of nitrogens with one attached hydrogen (secondary N) is 1. The zero-order chi connectivity index (χ0) is 13.1. The number of hydrogen-bond donors (Lipinski definition) is 2. The second kappa shape index (κ2) is 5.27. The van der Waals surface area contributed by atoms with E-state index >= 15 is 0 Å². The van der Waals surface area contributed by atoms with Crippen LogP contribution in [0.15, 0.2) is 41.1 Å². The van der Waals surface area contributed by atoms with Crippen LogP contribution in [0.4, 0.5) is 22.7 Å². The minimum atomic E-state index is 0.609. The molecule has 2 aromatic rings. The maximum absolute atomic E-state index is 5.93. The lowest BCUT2D eigenvalue weighted by Crippen LogP contribution is -2.11. The molecule has 5 heteroatoms. The van der Waals surface area contributed by atoms with Gasteiger partial charge in [-0.15, -0.1) is 0 Å². The molecule has 0 aliphatic rings. The van der Waals surface area contributed by atoms with Gasteiger partial charge in [0.25, 0.3) is 0 Å². The van der Waals surface area contributed by atoms with Crippen molar-refractivity contribution in [1.29, 1.82) is 0 Å². The molecule has 2 rings (SSSR count). The van der Waals surface area contributed by atoms with E-state index in [1.807, 2.05) is 43.3 Å². The van der Waals surface area contributed by atoms with Crippen molar-refractivity contribution >= 4 is 38.7 Å². The van der Waals surface area contributed by atoms with Crippen molar-refractivity contribution in [3.8, 4) is 0 Å². The zero-order valence-corrected chi connectivity index (χ0v) is 11.9. The summed E-state index contributed by atoms with van der Waals surface area (Å²) < 4.78 is 0.844. The molecule has 0 spiro atoms. The smallest absolute Gasteiger partial charge is 0.0794 e. The molecule has 1 aromatic carbocycles. The molecular formula is C13H15BrN4. The third-order valence-corrected chi connectivity index (χ3v) is 3.18. The molecule has 4 nitrogen and oxygen atoms in total. The molecule has 3 N–H and O–H groups in total. The minimum absolute atomic E-state index is 0.609. The third kappa shape index (κ3) is 2.56. The second-order valence-corrected chi connectivity index (χ2v) is 4.98. The number of benzene rings is 1. The number of nitrogens with zero attached hydrogens (tertiary/aromatic N) is 2. The van der Waals surface area contributed by atoms with Gasteiger partial charge in [-0.25, -0.2) is 0 Å². The molecule has 0 amide bonds. The summed E-state index contributed by atoms with van der Waals surface area (Å²) in [5.41, 5.74) is 9.47. The van der Waals surface area contributed by atoms with Crippen LogP contribution in [0.1, 0.15) is 0 Å². The van der Waals surface area contributed by atoms with Crippen LogP contribution in [-0.2, 0) is 0 Å². The fourth-order valence-electron chi connectivity index (χ4n) is 1.69. The lowest BCUT2D eigenvalue weighted by molar-refractivity contribution is 1.13. The van der Waals surface area contributed by atoms with Gasteiger partial charge in [-0.1, -0.05) is 12.1 Å². The van der Waals surface area contributed by atoms with Gasteiger partial charge in [0.05, 0.1) is 33.4 Å². The monoisotopic (exact) mass is 306 g/mol. The first-order valence-corrected chi connectivity index (χ1v) is 6.31. The molecule has 0 aliphatic heterocycles. The average Bonchev–Trinajstić information content (AvgIpc) is 2.34. The molecule has 0 atom stereocenters. The van der Waals surface area contributed by atoms with Gasteiger partial charge in [0.2, 0.25) is 0 Å². The number of anilines is 4. The minimum Gasteiger partial charge on any atom is -0.396 e. The summed E-state index contributed by atoms with van der Waals surface area (Å²) >= 11 is 3.45. The van der Waals surface area contributed by atoms with Crippen LogP contribution in [0, 0.1) is 0 Å². The van der Waals surface area contributed by atoms with E-state index in [1.54, 1.807) is 12.4 Å². The molecule has 1 heterocycles. The Hall–Kier alpha value is -1.75. The first kappa shape index (κ1) is 12.7. The van der Waals surface area contributed by atoms with E-state index in [9.17, 15) is 0 Å². The van der Waals surface area contributed by atoms with Crippen LogP contribution in [0.25, 0.3) is 0 Å². The van der Waals surface area contributed by atoms with Gasteiger partial charge in [0, 0.05) is 20.3 Å². The van der Waals surface area contributed by atoms with E-state index in [1.165, 1.54) is 0 Å². The van der Waals surface area contributed by atoms with Crippen molar-refractivity contribution in [2.24, 2.45) is 0 Å². The van der Waals surface area contributed by atoms with Crippen LogP contribution in [0.5, 0.6) is 0 Å². The summed E-state index contributed by atoms with van der Waals surface area (Å²) in [5, 5.41) is 3.34. The molecule has 0 unspecified atom stereocenters. The first-order valence-electron chi connectivity index (χ1n) is 5.52. The van der Waals surface area contributed by atoms with Crippen LogP contribution in [0.2, 0.25) is 0 Å². The summed E-state index contributed by atoms with van der Waals surface area (Å²) in [6.07, 6.45) is 3.35. The van der Waals surface area contributed by atoms with Gasteiger partial charge in [-0.05, 0) is 28.1 Å². The molecule has 0 saturated carbocycles. The van der Waals surface area contributed by atoms with Crippen molar-refractivity contribution in [2.45, 2.75) is 0 Å². The molecule has 18 heavy (non-hydrogen) atoms. The molecule has 0 aliphatic carbocycles. The predicted octanol–water partition coefficient (Wildman–Crippen LogP) is 3.24. The summed E-state index contributed by atoms with van der Waals surface area (Å²) in [7, 11) is 4.01. The topological polar surface area (TPSA) is 54.2 Å². The lowest BCUT2D eigenvalue weighted by Gasteiger charge is -2.19. The predicted molar refractivity (Wildman–Crippen MR) is 80.4 cm³/mol. The number of pyridine rings is 1. The Labute approximate surface area is 115 Å². The first-order chi connectivity index (χ1) is 8.59. The Balaban J connectivity index is 2.40. The number of aromatic nitrogens is 1. The Morgan fingerprint density at radius 1 is 1.22 bits per heavy atom. The van der Waals surface area contributed by atoms with Gasteiger partial charge in [0.15, 0.2) is 0 Å². The molecule has 0 saturated heterocycles. The number of hydrogen-bond acceptors (Lipinski definition) is 4. The highest BCUT2D eigenvalue weighted by atomic mass is 79.9. The molecule has 94 valence electrons. The average molecular weight is 307 g/mol.